The number of carbonyl (C=O) groups excluding carboxylic acids is 2. The highest BCUT2D eigenvalue weighted by atomic mass is 16.5. The molecule has 7 nitrogen and oxygen atoms in total. The summed E-state index contributed by atoms with van der Waals surface area (Å²) in [6, 6.07) is 0. The van der Waals surface area contributed by atoms with Crippen LogP contribution in [0.25, 0.3) is 0 Å². The smallest absolute Gasteiger partial charge is 0.236 e. The molecular formula is C12H22N4O3. The number of carbonyl (C=O) groups is 2. The van der Waals surface area contributed by atoms with Crippen LogP contribution in [0.15, 0.2) is 0 Å². The highest BCUT2D eigenvalue weighted by Gasteiger charge is 2.23. The molecule has 108 valence electrons. The zero-order valence-corrected chi connectivity index (χ0v) is 11.2. The van der Waals surface area contributed by atoms with E-state index in [1.165, 1.54) is 0 Å². The number of nitrogens with two attached hydrogens (primary N) is 1. The predicted molar refractivity (Wildman–Crippen MR) is 69.5 cm³/mol. The molecule has 0 radical (unpaired) electrons. The number of piperazine rings is 1. The van der Waals surface area contributed by atoms with Gasteiger partial charge in [-0.1, -0.05) is 0 Å². The normalized spacial score (nSPS) is 22.4. The van der Waals surface area contributed by atoms with E-state index in [9.17, 15) is 9.59 Å². The van der Waals surface area contributed by atoms with Gasteiger partial charge < -0.3 is 15.4 Å². The number of hydrogen-bond donors (Lipinski definition) is 1. The molecule has 0 bridgehead atoms. The molecule has 2 N–H and O–H groups in total. The maximum absolute atomic E-state index is 12.1. The topological polar surface area (TPSA) is 79.1 Å². The number of amides is 2. The van der Waals surface area contributed by atoms with Crippen LogP contribution in [0.3, 0.4) is 0 Å². The van der Waals surface area contributed by atoms with Crippen LogP contribution in [0.4, 0.5) is 0 Å². The van der Waals surface area contributed by atoms with E-state index in [-0.39, 0.29) is 18.4 Å². The van der Waals surface area contributed by atoms with Gasteiger partial charge in [0.15, 0.2) is 0 Å². The maximum Gasteiger partial charge on any atom is 0.236 e. The Morgan fingerprint density at radius 1 is 0.895 bits per heavy atom. The van der Waals surface area contributed by atoms with Crippen molar-refractivity contribution < 1.29 is 14.3 Å². The lowest BCUT2D eigenvalue weighted by molar-refractivity contribution is -0.135. The molecule has 7 heteroatoms. The van der Waals surface area contributed by atoms with Gasteiger partial charge in [-0.2, -0.15) is 0 Å². The molecular weight excluding hydrogens is 248 g/mol. The number of nitrogens with zero attached hydrogens (tertiary/aromatic N) is 3. The fraction of sp³-hybridized carbons (Fsp3) is 0.833. The Bertz CT molecular complexity index is 323. The number of primary amides is 1. The Hall–Kier alpha value is -1.18. The summed E-state index contributed by atoms with van der Waals surface area (Å²) < 4.78 is 5.26. The van der Waals surface area contributed by atoms with E-state index in [0.29, 0.717) is 32.8 Å². The summed E-state index contributed by atoms with van der Waals surface area (Å²) >= 11 is 0. The minimum absolute atomic E-state index is 0.167. The second kappa shape index (κ2) is 6.83. The quantitative estimate of drug-likeness (QED) is 0.636. The Labute approximate surface area is 113 Å². The summed E-state index contributed by atoms with van der Waals surface area (Å²) in [6.07, 6.45) is 0. The SMILES string of the molecule is NC(=O)CN1CCN(C(=O)CN2CCOCC2)CC1. The largest absolute Gasteiger partial charge is 0.379 e. The molecule has 2 rings (SSSR count). The van der Waals surface area contributed by atoms with E-state index in [2.05, 4.69) is 4.90 Å². The molecule has 0 spiro atoms. The number of morpholine rings is 1. The molecule has 0 atom stereocenters. The van der Waals surface area contributed by atoms with Crippen LogP contribution in [0, 0.1) is 0 Å². The van der Waals surface area contributed by atoms with Crippen LogP contribution in [-0.2, 0) is 14.3 Å². The highest BCUT2D eigenvalue weighted by molar-refractivity contribution is 5.78. The average Bonchev–Trinajstić information content (AvgIpc) is 2.40. The first-order chi connectivity index (χ1) is 9.15. The fourth-order valence-corrected chi connectivity index (χ4v) is 2.43. The lowest BCUT2D eigenvalue weighted by Gasteiger charge is -2.35. The third-order valence-corrected chi connectivity index (χ3v) is 3.57. The molecule has 2 aliphatic rings. The van der Waals surface area contributed by atoms with E-state index < -0.39 is 0 Å². The van der Waals surface area contributed by atoms with E-state index in [0.717, 1.165) is 26.2 Å². The van der Waals surface area contributed by atoms with Crippen molar-refractivity contribution in [2.24, 2.45) is 5.73 Å². The van der Waals surface area contributed by atoms with E-state index in [4.69, 9.17) is 10.5 Å². The lowest BCUT2D eigenvalue weighted by Crippen LogP contribution is -2.53. The van der Waals surface area contributed by atoms with Gasteiger partial charge in [-0.25, -0.2) is 0 Å². The predicted octanol–water partition coefficient (Wildman–Crippen LogP) is -2.05. The Kier molecular flexibility index (Phi) is 5.12. The second-order valence-corrected chi connectivity index (χ2v) is 5.01. The molecule has 2 saturated heterocycles. The average molecular weight is 270 g/mol. The monoisotopic (exact) mass is 270 g/mol. The van der Waals surface area contributed by atoms with Crippen LogP contribution in [0.1, 0.15) is 0 Å². The summed E-state index contributed by atoms with van der Waals surface area (Å²) in [6.45, 7) is 6.62. The van der Waals surface area contributed by atoms with Gasteiger partial charge >= 0.3 is 0 Å². The van der Waals surface area contributed by atoms with Gasteiger partial charge in [0.2, 0.25) is 11.8 Å². The molecule has 0 saturated carbocycles. The molecule has 0 aromatic rings. The molecule has 2 fully saturated rings. The Morgan fingerprint density at radius 3 is 2.05 bits per heavy atom. The number of ether oxygens (including phenoxy) is 1. The van der Waals surface area contributed by atoms with Crippen molar-refractivity contribution in [1.82, 2.24) is 14.7 Å². The van der Waals surface area contributed by atoms with Crippen LogP contribution < -0.4 is 5.73 Å². The Morgan fingerprint density at radius 2 is 1.47 bits per heavy atom. The van der Waals surface area contributed by atoms with E-state index in [1.807, 2.05) is 9.80 Å². The van der Waals surface area contributed by atoms with Crippen LogP contribution >= 0.6 is 0 Å². The highest BCUT2D eigenvalue weighted by Crippen LogP contribution is 2.04. The van der Waals surface area contributed by atoms with Gasteiger partial charge in [0.25, 0.3) is 0 Å². The van der Waals surface area contributed by atoms with Crippen molar-refractivity contribution in [1.29, 1.82) is 0 Å². The van der Waals surface area contributed by atoms with Gasteiger partial charge in [-0.05, 0) is 0 Å². The first-order valence-electron chi connectivity index (χ1n) is 6.73. The van der Waals surface area contributed by atoms with Gasteiger partial charge in [-0.15, -0.1) is 0 Å². The summed E-state index contributed by atoms with van der Waals surface area (Å²) in [5.41, 5.74) is 5.16. The molecule has 2 amide bonds. The zero-order valence-electron chi connectivity index (χ0n) is 11.2. The van der Waals surface area contributed by atoms with Crippen molar-refractivity contribution in [3.8, 4) is 0 Å². The van der Waals surface area contributed by atoms with Crippen molar-refractivity contribution >= 4 is 11.8 Å². The van der Waals surface area contributed by atoms with Crippen molar-refractivity contribution in [3.63, 3.8) is 0 Å². The van der Waals surface area contributed by atoms with Crippen LogP contribution in [-0.4, -0.2) is 92.1 Å². The number of hydrogen-bond acceptors (Lipinski definition) is 5. The second-order valence-electron chi connectivity index (χ2n) is 5.01. The molecule has 19 heavy (non-hydrogen) atoms. The molecule has 0 aromatic heterocycles. The molecule has 0 unspecified atom stereocenters. The van der Waals surface area contributed by atoms with Gasteiger partial charge in [0, 0.05) is 39.3 Å². The fourth-order valence-electron chi connectivity index (χ4n) is 2.43. The third-order valence-electron chi connectivity index (χ3n) is 3.57. The third kappa shape index (κ3) is 4.45. The van der Waals surface area contributed by atoms with Crippen LogP contribution in [0.2, 0.25) is 0 Å². The Balaban J connectivity index is 1.71. The molecule has 2 heterocycles. The van der Waals surface area contributed by atoms with Gasteiger partial charge in [0.05, 0.1) is 26.3 Å². The first kappa shape index (κ1) is 14.2. The van der Waals surface area contributed by atoms with E-state index in [1.54, 1.807) is 0 Å². The minimum atomic E-state index is -0.312. The summed E-state index contributed by atoms with van der Waals surface area (Å²) in [5, 5.41) is 0. The van der Waals surface area contributed by atoms with Gasteiger partial charge in [-0.3, -0.25) is 19.4 Å². The maximum atomic E-state index is 12.1. The molecule has 0 aliphatic carbocycles. The van der Waals surface area contributed by atoms with Crippen molar-refractivity contribution in [2.45, 2.75) is 0 Å². The van der Waals surface area contributed by atoms with Crippen molar-refractivity contribution in [3.05, 3.63) is 0 Å². The lowest BCUT2D eigenvalue weighted by atomic mass is 10.3. The van der Waals surface area contributed by atoms with Crippen LogP contribution in [0.5, 0.6) is 0 Å². The summed E-state index contributed by atoms with van der Waals surface area (Å²) in [5.74, 6) is -0.145. The first-order valence-corrected chi connectivity index (χ1v) is 6.73. The molecule has 0 aromatic carbocycles. The van der Waals surface area contributed by atoms with E-state index >= 15 is 0 Å². The minimum Gasteiger partial charge on any atom is -0.379 e. The summed E-state index contributed by atoms with van der Waals surface area (Å²) in [4.78, 5) is 28.9. The number of rotatable bonds is 4. The molecule has 2 aliphatic heterocycles. The zero-order chi connectivity index (χ0) is 13.7. The van der Waals surface area contributed by atoms with Crippen molar-refractivity contribution in [2.75, 3.05) is 65.6 Å². The summed E-state index contributed by atoms with van der Waals surface area (Å²) in [7, 11) is 0. The van der Waals surface area contributed by atoms with Gasteiger partial charge in [0.1, 0.15) is 0 Å². The standard InChI is InChI=1S/C12H22N4O3/c13-11(17)9-14-1-3-16(4-2-14)12(18)10-15-5-7-19-8-6-15/h1-10H2,(H2,13,17).